The molecular formula is C15H27N5O3S. The fourth-order valence-corrected chi connectivity index (χ4v) is 3.91. The summed E-state index contributed by atoms with van der Waals surface area (Å²) in [5, 5.41) is 4.18. The minimum absolute atomic E-state index is 0.219. The van der Waals surface area contributed by atoms with Crippen LogP contribution in [-0.4, -0.2) is 54.6 Å². The average molecular weight is 357 g/mol. The Hall–Kier alpha value is -1.45. The summed E-state index contributed by atoms with van der Waals surface area (Å²) in [5.41, 5.74) is 0. The van der Waals surface area contributed by atoms with Gasteiger partial charge in [0.15, 0.2) is 0 Å². The molecule has 1 aromatic rings. The monoisotopic (exact) mass is 357 g/mol. The highest BCUT2D eigenvalue weighted by Gasteiger charge is 2.34. The van der Waals surface area contributed by atoms with Gasteiger partial charge in [0.05, 0.1) is 6.20 Å². The highest BCUT2D eigenvalue weighted by atomic mass is 32.2. The molecule has 1 aliphatic heterocycles. The lowest BCUT2D eigenvalue weighted by atomic mass is 10.1. The summed E-state index contributed by atoms with van der Waals surface area (Å²) in [4.78, 5) is 14.4. The molecule has 1 saturated heterocycles. The predicted octanol–water partition coefficient (Wildman–Crippen LogP) is 0.965. The van der Waals surface area contributed by atoms with Crippen LogP contribution in [-0.2, 0) is 21.5 Å². The molecule has 2 rings (SSSR count). The van der Waals surface area contributed by atoms with Gasteiger partial charge in [0, 0.05) is 32.7 Å². The number of unbranched alkanes of at least 4 members (excludes halogenated alkanes) is 1. The number of piperidine rings is 1. The van der Waals surface area contributed by atoms with E-state index in [1.165, 1.54) is 11.4 Å². The first-order valence-electron chi connectivity index (χ1n) is 8.47. The largest absolute Gasteiger partial charge is 0.296 e. The maximum absolute atomic E-state index is 12.7. The van der Waals surface area contributed by atoms with Gasteiger partial charge in [-0.05, 0) is 26.2 Å². The van der Waals surface area contributed by atoms with Crippen molar-refractivity contribution in [2.24, 2.45) is 0 Å². The Labute approximate surface area is 144 Å². The van der Waals surface area contributed by atoms with E-state index in [0.717, 1.165) is 19.3 Å². The number of hydrogen-bond acceptors (Lipinski definition) is 4. The molecule has 1 N–H and O–H groups in total. The molecule has 1 fully saturated rings. The summed E-state index contributed by atoms with van der Waals surface area (Å²) in [5.74, 6) is 0.495. The molecule has 1 atom stereocenters. The molecule has 8 nitrogen and oxygen atoms in total. The topological polar surface area (TPSA) is 87.5 Å². The molecule has 9 heteroatoms. The highest BCUT2D eigenvalue weighted by molar-refractivity contribution is 7.87. The van der Waals surface area contributed by atoms with E-state index in [-0.39, 0.29) is 5.91 Å². The molecule has 0 aliphatic carbocycles. The number of anilines is 1. The van der Waals surface area contributed by atoms with Gasteiger partial charge in [0.2, 0.25) is 5.91 Å². The van der Waals surface area contributed by atoms with Crippen LogP contribution in [0.15, 0.2) is 12.3 Å². The summed E-state index contributed by atoms with van der Waals surface area (Å²) in [6, 6.07) is 1.05. The van der Waals surface area contributed by atoms with Crippen LogP contribution >= 0.6 is 0 Å². The Kier molecular flexibility index (Phi) is 6.36. The number of hydrogen-bond donors (Lipinski definition) is 1. The Bertz CT molecular complexity index is 658. The summed E-state index contributed by atoms with van der Waals surface area (Å²) >= 11 is 0. The van der Waals surface area contributed by atoms with Crippen LogP contribution in [0.2, 0.25) is 0 Å². The molecule has 1 aliphatic rings. The van der Waals surface area contributed by atoms with E-state index in [0.29, 0.717) is 31.9 Å². The highest BCUT2D eigenvalue weighted by Crippen LogP contribution is 2.21. The van der Waals surface area contributed by atoms with Gasteiger partial charge in [-0.3, -0.25) is 9.69 Å². The molecule has 1 unspecified atom stereocenters. The molecular weight excluding hydrogens is 330 g/mol. The maximum Gasteiger partial charge on any atom is 0.279 e. The minimum atomic E-state index is -3.66. The lowest BCUT2D eigenvalue weighted by molar-refractivity contribution is -0.121. The van der Waals surface area contributed by atoms with Crippen LogP contribution in [0.25, 0.3) is 0 Å². The summed E-state index contributed by atoms with van der Waals surface area (Å²) in [6.07, 6.45) is 4.61. The zero-order valence-electron chi connectivity index (χ0n) is 14.6. The SMILES string of the molecule is CCCCN(C)S(=O)(=O)NC1CCCN(c2ccnn2CC)C1=O. The van der Waals surface area contributed by atoms with Crippen molar-refractivity contribution in [2.75, 3.05) is 25.0 Å². The van der Waals surface area contributed by atoms with E-state index in [2.05, 4.69) is 9.82 Å². The van der Waals surface area contributed by atoms with Gasteiger partial charge in [0.25, 0.3) is 10.2 Å². The van der Waals surface area contributed by atoms with E-state index in [9.17, 15) is 13.2 Å². The fraction of sp³-hybridized carbons (Fsp3) is 0.733. The third kappa shape index (κ3) is 4.14. The molecule has 0 aromatic carbocycles. The Morgan fingerprint density at radius 3 is 2.83 bits per heavy atom. The second-order valence-electron chi connectivity index (χ2n) is 5.99. The zero-order valence-corrected chi connectivity index (χ0v) is 15.4. The number of nitrogens with one attached hydrogen (secondary N) is 1. The summed E-state index contributed by atoms with van der Waals surface area (Å²) in [7, 11) is -2.12. The predicted molar refractivity (Wildman–Crippen MR) is 92.9 cm³/mol. The third-order valence-corrected chi connectivity index (χ3v) is 5.82. The average Bonchev–Trinajstić information content (AvgIpc) is 3.02. The number of aromatic nitrogens is 2. The molecule has 0 radical (unpaired) electrons. The van der Waals surface area contributed by atoms with Crippen molar-refractivity contribution in [3.05, 3.63) is 12.3 Å². The summed E-state index contributed by atoms with van der Waals surface area (Å²) < 4.78 is 30.4. The van der Waals surface area contributed by atoms with Crippen molar-refractivity contribution in [1.82, 2.24) is 18.8 Å². The van der Waals surface area contributed by atoms with E-state index in [1.807, 2.05) is 13.8 Å². The number of aryl methyl sites for hydroxylation is 1. The number of carbonyl (C=O) groups excluding carboxylic acids is 1. The standard InChI is InChI=1S/C15H27N5O3S/c1-4-6-11-18(3)24(22,23)17-13-8-7-12-19(15(13)21)14-9-10-16-20(14)5-2/h9-10,13,17H,4-8,11-12H2,1-3H3. The summed E-state index contributed by atoms with van der Waals surface area (Å²) in [6.45, 7) is 5.64. The smallest absolute Gasteiger partial charge is 0.279 e. The molecule has 0 saturated carbocycles. The van der Waals surface area contributed by atoms with Crippen LogP contribution < -0.4 is 9.62 Å². The van der Waals surface area contributed by atoms with E-state index in [4.69, 9.17) is 0 Å². The lowest BCUT2D eigenvalue weighted by Gasteiger charge is -2.33. The Balaban J connectivity index is 2.10. The number of nitrogens with zero attached hydrogens (tertiary/aromatic N) is 4. The number of amides is 1. The number of carbonyl (C=O) groups is 1. The van der Waals surface area contributed by atoms with Crippen molar-refractivity contribution in [2.45, 2.75) is 52.1 Å². The van der Waals surface area contributed by atoms with Crippen LogP contribution in [0.3, 0.4) is 0 Å². The fourth-order valence-electron chi connectivity index (χ4n) is 2.78. The van der Waals surface area contributed by atoms with Crippen molar-refractivity contribution in [3.8, 4) is 0 Å². The normalized spacial score (nSPS) is 19.2. The number of rotatable bonds is 8. The van der Waals surface area contributed by atoms with Gasteiger partial charge in [-0.1, -0.05) is 13.3 Å². The van der Waals surface area contributed by atoms with Crippen molar-refractivity contribution in [1.29, 1.82) is 0 Å². The Morgan fingerprint density at radius 2 is 2.17 bits per heavy atom. The molecule has 136 valence electrons. The van der Waals surface area contributed by atoms with Gasteiger partial charge >= 0.3 is 0 Å². The maximum atomic E-state index is 12.7. The first-order valence-corrected chi connectivity index (χ1v) is 9.91. The Morgan fingerprint density at radius 1 is 1.42 bits per heavy atom. The van der Waals surface area contributed by atoms with E-state index in [1.54, 1.807) is 21.8 Å². The zero-order chi connectivity index (χ0) is 17.7. The first-order chi connectivity index (χ1) is 11.4. The van der Waals surface area contributed by atoms with Crippen LogP contribution in [0.1, 0.15) is 39.5 Å². The van der Waals surface area contributed by atoms with Gasteiger partial charge in [-0.2, -0.15) is 22.5 Å². The molecule has 1 amide bonds. The first kappa shape index (κ1) is 18.9. The second-order valence-corrected chi connectivity index (χ2v) is 7.80. The second kappa shape index (κ2) is 8.09. The van der Waals surface area contributed by atoms with Gasteiger partial charge in [-0.25, -0.2) is 4.68 Å². The van der Waals surface area contributed by atoms with E-state index < -0.39 is 16.3 Å². The molecule has 0 bridgehead atoms. The third-order valence-electron chi connectivity index (χ3n) is 4.24. The quantitative estimate of drug-likeness (QED) is 0.751. The van der Waals surface area contributed by atoms with Crippen molar-refractivity contribution in [3.63, 3.8) is 0 Å². The van der Waals surface area contributed by atoms with Crippen LogP contribution in [0, 0.1) is 0 Å². The molecule has 2 heterocycles. The molecule has 0 spiro atoms. The van der Waals surface area contributed by atoms with E-state index >= 15 is 0 Å². The van der Waals surface area contributed by atoms with Crippen LogP contribution in [0.5, 0.6) is 0 Å². The van der Waals surface area contributed by atoms with Gasteiger partial charge in [0.1, 0.15) is 11.9 Å². The minimum Gasteiger partial charge on any atom is -0.296 e. The molecule has 1 aromatic heterocycles. The van der Waals surface area contributed by atoms with Crippen molar-refractivity contribution < 1.29 is 13.2 Å². The molecule has 24 heavy (non-hydrogen) atoms. The van der Waals surface area contributed by atoms with Crippen LogP contribution in [0.4, 0.5) is 5.82 Å². The van der Waals surface area contributed by atoms with Crippen molar-refractivity contribution >= 4 is 21.9 Å². The lowest BCUT2D eigenvalue weighted by Crippen LogP contribution is -2.55. The van der Waals surface area contributed by atoms with Gasteiger partial charge in [-0.15, -0.1) is 0 Å². The van der Waals surface area contributed by atoms with Gasteiger partial charge < -0.3 is 0 Å².